The standard InChI is InChI=1S/C21H26ClNO/c1-16(21(24)19-7-9-20(22)10-8-19)23-13-11-18(12-14-23)15-17-5-3-2-4-6-17/h2-10,16,18,21,24H,11-15H2,1H3. The van der Waals surface area contributed by atoms with Gasteiger partial charge >= 0.3 is 0 Å². The zero-order valence-corrected chi connectivity index (χ0v) is 15.0. The normalized spacial score (nSPS) is 19.1. The molecule has 2 nitrogen and oxygen atoms in total. The summed E-state index contributed by atoms with van der Waals surface area (Å²) in [5.74, 6) is 0.753. The third-order valence-electron chi connectivity index (χ3n) is 5.26. The van der Waals surface area contributed by atoms with E-state index in [4.69, 9.17) is 11.6 Å². The molecule has 128 valence electrons. The lowest BCUT2D eigenvalue weighted by Crippen LogP contribution is -2.43. The van der Waals surface area contributed by atoms with Crippen molar-refractivity contribution in [2.45, 2.75) is 38.3 Å². The molecule has 0 saturated carbocycles. The van der Waals surface area contributed by atoms with E-state index in [-0.39, 0.29) is 6.04 Å². The van der Waals surface area contributed by atoms with Crippen LogP contribution in [0.4, 0.5) is 0 Å². The lowest BCUT2D eigenvalue weighted by molar-refractivity contribution is 0.0373. The van der Waals surface area contributed by atoms with Gasteiger partial charge in [-0.05, 0) is 68.5 Å². The molecule has 0 spiro atoms. The second-order valence-electron chi connectivity index (χ2n) is 6.91. The number of halogens is 1. The summed E-state index contributed by atoms with van der Waals surface area (Å²) in [6.07, 6.45) is 3.11. The van der Waals surface area contributed by atoms with Crippen molar-refractivity contribution < 1.29 is 5.11 Å². The summed E-state index contributed by atoms with van der Waals surface area (Å²) in [7, 11) is 0. The summed E-state index contributed by atoms with van der Waals surface area (Å²) in [4.78, 5) is 2.42. The van der Waals surface area contributed by atoms with Gasteiger partial charge < -0.3 is 5.11 Å². The zero-order valence-electron chi connectivity index (χ0n) is 14.2. The van der Waals surface area contributed by atoms with Crippen molar-refractivity contribution in [1.29, 1.82) is 0 Å². The second-order valence-corrected chi connectivity index (χ2v) is 7.34. The van der Waals surface area contributed by atoms with Gasteiger partial charge in [0.25, 0.3) is 0 Å². The Morgan fingerprint density at radius 2 is 1.67 bits per heavy atom. The molecule has 1 saturated heterocycles. The first-order chi connectivity index (χ1) is 11.6. The summed E-state index contributed by atoms with van der Waals surface area (Å²) >= 11 is 5.94. The maximum Gasteiger partial charge on any atom is 0.0942 e. The van der Waals surface area contributed by atoms with Crippen LogP contribution in [0.2, 0.25) is 5.02 Å². The van der Waals surface area contributed by atoms with Crippen LogP contribution in [0.25, 0.3) is 0 Å². The van der Waals surface area contributed by atoms with Crippen molar-refractivity contribution in [3.8, 4) is 0 Å². The number of aliphatic hydroxyl groups excluding tert-OH is 1. The Hall–Kier alpha value is -1.35. The highest BCUT2D eigenvalue weighted by Gasteiger charge is 2.27. The molecule has 2 aromatic carbocycles. The summed E-state index contributed by atoms with van der Waals surface area (Å²) < 4.78 is 0. The highest BCUT2D eigenvalue weighted by molar-refractivity contribution is 6.30. The van der Waals surface area contributed by atoms with Gasteiger partial charge in [0.2, 0.25) is 0 Å². The van der Waals surface area contributed by atoms with Crippen LogP contribution in [-0.2, 0) is 6.42 Å². The van der Waals surface area contributed by atoms with Crippen LogP contribution < -0.4 is 0 Å². The van der Waals surface area contributed by atoms with Gasteiger partial charge in [-0.3, -0.25) is 4.90 Å². The molecule has 0 aliphatic carbocycles. The van der Waals surface area contributed by atoms with Crippen molar-refractivity contribution in [3.05, 3.63) is 70.7 Å². The van der Waals surface area contributed by atoms with E-state index in [0.717, 1.165) is 24.6 Å². The molecule has 3 rings (SSSR count). The number of piperidine rings is 1. The van der Waals surface area contributed by atoms with E-state index in [9.17, 15) is 5.11 Å². The van der Waals surface area contributed by atoms with Crippen LogP contribution in [0.15, 0.2) is 54.6 Å². The molecule has 0 amide bonds. The van der Waals surface area contributed by atoms with E-state index < -0.39 is 6.10 Å². The van der Waals surface area contributed by atoms with Gasteiger partial charge in [-0.1, -0.05) is 54.1 Å². The lowest BCUT2D eigenvalue weighted by Gasteiger charge is -2.38. The number of benzene rings is 2. The first-order valence-corrected chi connectivity index (χ1v) is 9.23. The van der Waals surface area contributed by atoms with Crippen LogP contribution in [0, 0.1) is 5.92 Å². The molecule has 1 aliphatic heterocycles. The van der Waals surface area contributed by atoms with Crippen LogP contribution in [0.1, 0.15) is 37.0 Å². The molecule has 0 bridgehead atoms. The fourth-order valence-corrected chi connectivity index (χ4v) is 3.78. The molecule has 1 aliphatic rings. The van der Waals surface area contributed by atoms with E-state index in [1.165, 1.54) is 24.8 Å². The monoisotopic (exact) mass is 343 g/mol. The quantitative estimate of drug-likeness (QED) is 0.849. The first-order valence-electron chi connectivity index (χ1n) is 8.85. The van der Waals surface area contributed by atoms with E-state index in [0.29, 0.717) is 5.02 Å². The van der Waals surface area contributed by atoms with Gasteiger partial charge in [-0.2, -0.15) is 0 Å². The molecular formula is C21H26ClNO. The maximum absolute atomic E-state index is 10.6. The fourth-order valence-electron chi connectivity index (χ4n) is 3.65. The average Bonchev–Trinajstić information content (AvgIpc) is 2.63. The lowest BCUT2D eigenvalue weighted by atomic mass is 9.89. The molecule has 1 fully saturated rings. The predicted molar refractivity (Wildman–Crippen MR) is 100 cm³/mol. The zero-order chi connectivity index (χ0) is 16.9. The van der Waals surface area contributed by atoms with Crippen LogP contribution in [-0.4, -0.2) is 29.1 Å². The number of hydrogen-bond donors (Lipinski definition) is 1. The minimum atomic E-state index is -0.465. The van der Waals surface area contributed by atoms with E-state index in [1.54, 1.807) is 0 Å². The third kappa shape index (κ3) is 4.38. The largest absolute Gasteiger partial charge is 0.387 e. The van der Waals surface area contributed by atoms with Crippen molar-refractivity contribution in [1.82, 2.24) is 4.90 Å². The second kappa shape index (κ2) is 8.15. The molecular weight excluding hydrogens is 318 g/mol. The summed E-state index contributed by atoms with van der Waals surface area (Å²) in [5.41, 5.74) is 2.38. The molecule has 24 heavy (non-hydrogen) atoms. The molecule has 0 radical (unpaired) electrons. The Bertz CT molecular complexity index is 620. The van der Waals surface area contributed by atoms with Gasteiger partial charge in [0.05, 0.1) is 6.10 Å². The highest BCUT2D eigenvalue weighted by atomic mass is 35.5. The molecule has 2 atom stereocenters. The van der Waals surface area contributed by atoms with Gasteiger partial charge in [0.1, 0.15) is 0 Å². The minimum absolute atomic E-state index is 0.129. The van der Waals surface area contributed by atoms with Crippen molar-refractivity contribution in [2.24, 2.45) is 5.92 Å². The summed E-state index contributed by atoms with van der Waals surface area (Å²) in [5, 5.41) is 11.4. The Balaban J connectivity index is 1.53. The SMILES string of the molecule is CC(C(O)c1ccc(Cl)cc1)N1CCC(Cc2ccccc2)CC1. The Morgan fingerprint density at radius 3 is 2.29 bits per heavy atom. The number of hydrogen-bond acceptors (Lipinski definition) is 2. The highest BCUT2D eigenvalue weighted by Crippen LogP contribution is 2.28. The van der Waals surface area contributed by atoms with E-state index in [2.05, 4.69) is 42.2 Å². The average molecular weight is 344 g/mol. The van der Waals surface area contributed by atoms with Gasteiger partial charge in [0, 0.05) is 11.1 Å². The summed E-state index contributed by atoms with van der Waals surface area (Å²) in [6.45, 7) is 4.24. The smallest absolute Gasteiger partial charge is 0.0942 e. The summed E-state index contributed by atoms with van der Waals surface area (Å²) in [6, 6.07) is 18.4. The van der Waals surface area contributed by atoms with Crippen LogP contribution in [0.3, 0.4) is 0 Å². The van der Waals surface area contributed by atoms with Crippen molar-refractivity contribution >= 4 is 11.6 Å². The third-order valence-corrected chi connectivity index (χ3v) is 5.51. The van der Waals surface area contributed by atoms with Crippen molar-refractivity contribution in [3.63, 3.8) is 0 Å². The van der Waals surface area contributed by atoms with Crippen molar-refractivity contribution in [2.75, 3.05) is 13.1 Å². The van der Waals surface area contributed by atoms with Gasteiger partial charge in [0.15, 0.2) is 0 Å². The number of aliphatic hydroxyl groups is 1. The molecule has 2 aromatic rings. The Kier molecular flexibility index (Phi) is 5.94. The minimum Gasteiger partial charge on any atom is -0.387 e. The number of likely N-dealkylation sites (tertiary alicyclic amines) is 1. The van der Waals surface area contributed by atoms with Gasteiger partial charge in [-0.15, -0.1) is 0 Å². The molecule has 3 heteroatoms. The molecule has 1 heterocycles. The molecule has 0 aromatic heterocycles. The fraction of sp³-hybridized carbons (Fsp3) is 0.429. The van der Waals surface area contributed by atoms with E-state index in [1.807, 2.05) is 24.3 Å². The number of rotatable bonds is 5. The first kappa shape index (κ1) is 17.5. The van der Waals surface area contributed by atoms with E-state index >= 15 is 0 Å². The van der Waals surface area contributed by atoms with Gasteiger partial charge in [-0.25, -0.2) is 0 Å². The van der Waals surface area contributed by atoms with Crippen LogP contribution >= 0.6 is 11.6 Å². The molecule has 1 N–H and O–H groups in total. The number of nitrogens with zero attached hydrogens (tertiary/aromatic N) is 1. The maximum atomic E-state index is 10.6. The topological polar surface area (TPSA) is 23.5 Å². The predicted octanol–water partition coefficient (Wildman–Crippen LogP) is 4.72. The van der Waals surface area contributed by atoms with Crippen LogP contribution in [0.5, 0.6) is 0 Å². The Labute approximate surface area is 150 Å². The Morgan fingerprint density at radius 1 is 1.04 bits per heavy atom. The molecule has 2 unspecified atom stereocenters.